The molecular weight excluding hydrogens is 433 g/mol. The third-order valence-electron chi connectivity index (χ3n) is 6.11. The Balaban J connectivity index is 1.50. The first-order chi connectivity index (χ1) is 15.2. The number of halogens is 1. The summed E-state index contributed by atoms with van der Waals surface area (Å²) in [6, 6.07) is 10.3. The van der Waals surface area contributed by atoms with E-state index >= 15 is 0 Å². The van der Waals surface area contributed by atoms with Crippen LogP contribution in [-0.4, -0.2) is 43.7 Å². The van der Waals surface area contributed by atoms with Crippen LogP contribution in [0.3, 0.4) is 0 Å². The summed E-state index contributed by atoms with van der Waals surface area (Å²) < 4.78 is 41.1. The summed E-state index contributed by atoms with van der Waals surface area (Å²) in [5.74, 6) is -1.24. The van der Waals surface area contributed by atoms with Crippen LogP contribution >= 0.6 is 0 Å². The van der Waals surface area contributed by atoms with Crippen molar-refractivity contribution in [2.24, 2.45) is 5.92 Å². The number of carbonyl (C=O) groups is 2. The number of piperidine rings is 1. The van der Waals surface area contributed by atoms with Crippen LogP contribution in [0.4, 0.5) is 15.8 Å². The van der Waals surface area contributed by atoms with Crippen molar-refractivity contribution in [1.29, 1.82) is 0 Å². The summed E-state index contributed by atoms with van der Waals surface area (Å²) in [5, 5.41) is 2.74. The van der Waals surface area contributed by atoms with E-state index in [0.717, 1.165) is 11.3 Å². The summed E-state index contributed by atoms with van der Waals surface area (Å²) in [6.45, 7) is 3.86. The van der Waals surface area contributed by atoms with E-state index in [0.29, 0.717) is 31.5 Å². The number of nitrogens with zero attached hydrogens (tertiary/aromatic N) is 2. The van der Waals surface area contributed by atoms with Gasteiger partial charge in [0, 0.05) is 37.4 Å². The summed E-state index contributed by atoms with van der Waals surface area (Å²) in [7, 11) is -3.78. The molecule has 4 rings (SSSR count). The maximum Gasteiger partial charge on any atom is 0.243 e. The average molecular weight is 460 g/mol. The minimum absolute atomic E-state index is 0.0185. The van der Waals surface area contributed by atoms with Crippen LogP contribution in [0.25, 0.3) is 0 Å². The zero-order chi connectivity index (χ0) is 23.0. The first-order valence-electron chi connectivity index (χ1n) is 10.7. The normalized spacial score (nSPS) is 21.3. The molecule has 2 aromatic carbocycles. The van der Waals surface area contributed by atoms with Crippen molar-refractivity contribution >= 4 is 33.2 Å². The molecule has 2 heterocycles. The zero-order valence-corrected chi connectivity index (χ0v) is 18.9. The highest BCUT2D eigenvalue weighted by Crippen LogP contribution is 2.35. The molecule has 0 saturated carbocycles. The van der Waals surface area contributed by atoms with Gasteiger partial charge in [-0.15, -0.1) is 0 Å². The van der Waals surface area contributed by atoms with Gasteiger partial charge < -0.3 is 10.2 Å². The molecule has 0 spiro atoms. The molecule has 1 fully saturated rings. The topological polar surface area (TPSA) is 86.8 Å². The van der Waals surface area contributed by atoms with Crippen molar-refractivity contribution in [3.05, 3.63) is 53.8 Å². The molecule has 0 aromatic heterocycles. The molecule has 0 bridgehead atoms. The highest BCUT2D eigenvalue weighted by atomic mass is 32.2. The third kappa shape index (κ3) is 4.27. The van der Waals surface area contributed by atoms with Crippen molar-refractivity contribution in [3.63, 3.8) is 0 Å². The van der Waals surface area contributed by atoms with E-state index in [-0.39, 0.29) is 29.3 Å². The van der Waals surface area contributed by atoms with Crippen LogP contribution in [0.5, 0.6) is 0 Å². The Morgan fingerprint density at radius 1 is 1.12 bits per heavy atom. The van der Waals surface area contributed by atoms with Gasteiger partial charge in [0.25, 0.3) is 0 Å². The molecular formula is C23H26FN3O4S. The van der Waals surface area contributed by atoms with E-state index in [4.69, 9.17) is 0 Å². The highest BCUT2D eigenvalue weighted by Gasteiger charge is 2.35. The number of hydrogen-bond donors (Lipinski definition) is 1. The standard InChI is InChI=1S/C23H26FN3O4S/c1-15-12-18-13-21(9-10-22(18)27(15)16(2)28)32(30,31)26-11-3-4-17(14-26)23(29)25-20-7-5-19(24)6-8-20/h5-10,13,15,17H,3-4,11-12,14H2,1-2H3,(H,25,29)/t15-,17-/m1/s1. The Hall–Kier alpha value is -2.78. The molecule has 2 aliphatic rings. The number of rotatable bonds is 4. The van der Waals surface area contributed by atoms with Crippen LogP contribution < -0.4 is 10.2 Å². The lowest BCUT2D eigenvalue weighted by Crippen LogP contribution is -2.43. The third-order valence-corrected chi connectivity index (χ3v) is 7.97. The van der Waals surface area contributed by atoms with Gasteiger partial charge in [-0.1, -0.05) is 0 Å². The van der Waals surface area contributed by atoms with Crippen molar-refractivity contribution in [2.45, 2.75) is 44.0 Å². The summed E-state index contributed by atoms with van der Waals surface area (Å²) in [4.78, 5) is 26.5. The van der Waals surface area contributed by atoms with E-state index in [1.54, 1.807) is 17.0 Å². The summed E-state index contributed by atoms with van der Waals surface area (Å²) in [5.41, 5.74) is 2.05. The molecule has 1 saturated heterocycles. The lowest BCUT2D eigenvalue weighted by molar-refractivity contribution is -0.121. The Labute approximate surface area is 187 Å². The molecule has 7 nitrogen and oxygen atoms in total. The molecule has 0 aliphatic carbocycles. The van der Waals surface area contributed by atoms with E-state index in [9.17, 15) is 22.4 Å². The smallest absolute Gasteiger partial charge is 0.243 e. The van der Waals surface area contributed by atoms with E-state index in [2.05, 4.69) is 5.32 Å². The quantitative estimate of drug-likeness (QED) is 0.761. The Bertz CT molecular complexity index is 1150. The van der Waals surface area contributed by atoms with Gasteiger partial charge in [0.05, 0.1) is 10.8 Å². The van der Waals surface area contributed by atoms with E-state index in [1.165, 1.54) is 41.6 Å². The van der Waals surface area contributed by atoms with Crippen LogP contribution in [-0.2, 0) is 26.0 Å². The molecule has 9 heteroatoms. The van der Waals surface area contributed by atoms with Crippen molar-refractivity contribution < 1.29 is 22.4 Å². The molecule has 0 radical (unpaired) electrons. The molecule has 0 unspecified atom stereocenters. The number of carbonyl (C=O) groups excluding carboxylic acids is 2. The molecule has 2 atom stereocenters. The fourth-order valence-corrected chi connectivity index (χ4v) is 6.12. The number of benzene rings is 2. The molecule has 2 aliphatic heterocycles. The fourth-order valence-electron chi connectivity index (χ4n) is 4.55. The molecule has 2 aromatic rings. The number of fused-ring (bicyclic) bond motifs is 1. The average Bonchev–Trinajstić information content (AvgIpc) is 3.10. The molecule has 32 heavy (non-hydrogen) atoms. The predicted molar refractivity (Wildman–Crippen MR) is 119 cm³/mol. The van der Waals surface area contributed by atoms with Gasteiger partial charge in [0.15, 0.2) is 0 Å². The number of nitrogens with one attached hydrogen (secondary N) is 1. The molecule has 1 N–H and O–H groups in total. The zero-order valence-electron chi connectivity index (χ0n) is 18.0. The van der Waals surface area contributed by atoms with Gasteiger partial charge in [-0.3, -0.25) is 9.59 Å². The predicted octanol–water partition coefficient (Wildman–Crippen LogP) is 3.16. The Morgan fingerprint density at radius 3 is 2.53 bits per heavy atom. The number of amides is 2. The SMILES string of the molecule is CC(=O)N1c2ccc(S(=O)(=O)N3CCC[C@@H](C(=O)Nc4ccc(F)cc4)C3)cc2C[C@H]1C. The largest absolute Gasteiger partial charge is 0.326 e. The van der Waals surface area contributed by atoms with Crippen molar-refractivity contribution in [1.82, 2.24) is 4.31 Å². The second-order valence-corrected chi connectivity index (χ2v) is 10.4. The van der Waals surface area contributed by atoms with E-state index < -0.39 is 21.8 Å². The van der Waals surface area contributed by atoms with Crippen LogP contribution in [0, 0.1) is 11.7 Å². The van der Waals surface area contributed by atoms with Crippen LogP contribution in [0.1, 0.15) is 32.3 Å². The highest BCUT2D eigenvalue weighted by molar-refractivity contribution is 7.89. The van der Waals surface area contributed by atoms with Crippen molar-refractivity contribution in [2.75, 3.05) is 23.3 Å². The Morgan fingerprint density at radius 2 is 1.84 bits per heavy atom. The van der Waals surface area contributed by atoms with E-state index in [1.807, 2.05) is 6.92 Å². The second kappa shape index (κ2) is 8.63. The molecule has 170 valence electrons. The van der Waals surface area contributed by atoms with Crippen LogP contribution in [0.15, 0.2) is 47.4 Å². The van der Waals surface area contributed by atoms with Gasteiger partial charge in [0.1, 0.15) is 5.82 Å². The maximum atomic E-state index is 13.3. The van der Waals surface area contributed by atoms with Crippen molar-refractivity contribution in [3.8, 4) is 0 Å². The summed E-state index contributed by atoms with van der Waals surface area (Å²) >= 11 is 0. The first kappa shape index (κ1) is 22.4. The van der Waals surface area contributed by atoms with Crippen LogP contribution in [0.2, 0.25) is 0 Å². The van der Waals surface area contributed by atoms with Gasteiger partial charge in [0.2, 0.25) is 21.8 Å². The molecule has 2 amide bonds. The van der Waals surface area contributed by atoms with Gasteiger partial charge in [-0.25, -0.2) is 12.8 Å². The van der Waals surface area contributed by atoms with Gasteiger partial charge >= 0.3 is 0 Å². The summed E-state index contributed by atoms with van der Waals surface area (Å²) in [6.07, 6.45) is 1.75. The number of hydrogen-bond acceptors (Lipinski definition) is 4. The number of sulfonamides is 1. The lowest BCUT2D eigenvalue weighted by atomic mass is 9.99. The first-order valence-corrected chi connectivity index (χ1v) is 12.1. The van der Waals surface area contributed by atoms with Gasteiger partial charge in [-0.05, 0) is 74.2 Å². The maximum absolute atomic E-state index is 13.3. The number of anilines is 2. The Kier molecular flexibility index (Phi) is 6.05. The second-order valence-electron chi connectivity index (χ2n) is 8.43. The fraction of sp³-hybridized carbons (Fsp3) is 0.391. The lowest BCUT2D eigenvalue weighted by Gasteiger charge is -2.31. The monoisotopic (exact) mass is 459 g/mol. The minimum atomic E-state index is -3.78. The van der Waals surface area contributed by atoms with Gasteiger partial charge in [-0.2, -0.15) is 4.31 Å². The minimum Gasteiger partial charge on any atom is -0.326 e.